The molecule has 10 atom stereocenters. The Morgan fingerprint density at radius 2 is 1.91 bits per heavy atom. The minimum absolute atomic E-state index is 0.0464. The van der Waals surface area contributed by atoms with Crippen molar-refractivity contribution < 1.29 is 29.3 Å². The number of aliphatic hydroxyl groups excluding tert-OH is 1. The van der Waals surface area contributed by atoms with Crippen molar-refractivity contribution in [2.45, 2.75) is 80.7 Å². The Morgan fingerprint density at radius 1 is 1.11 bits per heavy atom. The lowest BCUT2D eigenvalue weighted by atomic mass is 9.47. The fraction of sp³-hybridized carbons (Fsp3) is 0.524. The van der Waals surface area contributed by atoms with Gasteiger partial charge in [-0.1, -0.05) is 55.8 Å². The highest BCUT2D eigenvalue weighted by molar-refractivity contribution is 7.13. The zero-order valence-corrected chi connectivity index (χ0v) is 33.5. The van der Waals surface area contributed by atoms with Crippen LogP contribution in [0.25, 0.3) is 10.9 Å². The van der Waals surface area contributed by atoms with Gasteiger partial charge in [0.05, 0.1) is 20.3 Å². The molecule has 292 valence electrons. The van der Waals surface area contributed by atoms with Crippen molar-refractivity contribution in [1.29, 1.82) is 0 Å². The molecule has 3 aromatic rings. The molecule has 1 aliphatic carbocycles. The van der Waals surface area contributed by atoms with E-state index in [9.17, 15) is 15.0 Å². The van der Waals surface area contributed by atoms with Crippen LogP contribution in [0.15, 0.2) is 60.2 Å². The van der Waals surface area contributed by atoms with Gasteiger partial charge in [-0.15, -0.1) is 0 Å². The van der Waals surface area contributed by atoms with E-state index in [1.54, 1.807) is 7.11 Å². The first-order valence-corrected chi connectivity index (χ1v) is 20.2. The van der Waals surface area contributed by atoms with Gasteiger partial charge in [-0.2, -0.15) is 0 Å². The van der Waals surface area contributed by atoms with Gasteiger partial charge in [0.25, 0.3) is 5.91 Å². The first kappa shape index (κ1) is 36.8. The molecule has 5 aliphatic heterocycles. The Balaban J connectivity index is 1.36. The van der Waals surface area contributed by atoms with Crippen molar-refractivity contribution in [3.63, 3.8) is 0 Å². The second-order valence-electron chi connectivity index (χ2n) is 16.7. The fourth-order valence-corrected chi connectivity index (χ4v) is 12.7. The van der Waals surface area contributed by atoms with Crippen molar-refractivity contribution in [3.05, 3.63) is 82.6 Å². The number of methoxy groups -OCH3 is 2. The third-order valence-corrected chi connectivity index (χ3v) is 14.7. The zero-order chi connectivity index (χ0) is 38.7. The van der Waals surface area contributed by atoms with Gasteiger partial charge < -0.3 is 29.6 Å². The SMILES string of the molecule is CCC1=C[C@@H]2CN(C1)Cc1c([nH]c3ccccc13)[C@@](C(=O)OC)(c1cc3c(cc1OC)N(C)[C@H]1[C@@](O)(C(=O)NNP)[C@H](O)[C@]4(CC)C=CCN5CC[C@]31[C@@H]54)C2. The average Bonchev–Trinajstić information content (AvgIpc) is 3.85. The number of nitrogens with zero attached hydrogens (tertiary/aromatic N) is 3. The number of anilines is 1. The molecule has 6 heterocycles. The van der Waals surface area contributed by atoms with Crippen LogP contribution in [-0.4, -0.2) is 108 Å². The Kier molecular flexibility index (Phi) is 8.63. The molecular weight excluding hydrogens is 715 g/mol. The number of esters is 1. The van der Waals surface area contributed by atoms with Gasteiger partial charge in [0.2, 0.25) is 0 Å². The topological polar surface area (TPSA) is 143 Å². The lowest BCUT2D eigenvalue weighted by Gasteiger charge is -2.63. The van der Waals surface area contributed by atoms with E-state index in [2.05, 4.69) is 72.1 Å². The van der Waals surface area contributed by atoms with Crippen LogP contribution >= 0.6 is 9.39 Å². The molecule has 55 heavy (non-hydrogen) atoms. The number of aromatic amines is 1. The van der Waals surface area contributed by atoms with Crippen LogP contribution in [0.4, 0.5) is 5.69 Å². The summed E-state index contributed by atoms with van der Waals surface area (Å²) in [7, 11) is 7.25. The van der Waals surface area contributed by atoms with Gasteiger partial charge in [-0.05, 0) is 70.8 Å². The normalized spacial score (nSPS) is 35.9. The predicted molar refractivity (Wildman–Crippen MR) is 214 cm³/mol. The van der Waals surface area contributed by atoms with Gasteiger partial charge in [-0.3, -0.25) is 24.8 Å². The van der Waals surface area contributed by atoms with Crippen LogP contribution in [0, 0.1) is 11.3 Å². The molecule has 1 amide bonds. The van der Waals surface area contributed by atoms with E-state index in [1.807, 2.05) is 43.1 Å². The first-order chi connectivity index (χ1) is 26.5. The predicted octanol–water partition coefficient (Wildman–Crippen LogP) is 3.42. The number of benzene rings is 2. The van der Waals surface area contributed by atoms with Gasteiger partial charge in [0, 0.05) is 84.0 Å². The molecule has 9 rings (SSSR count). The molecule has 2 aromatic carbocycles. The minimum Gasteiger partial charge on any atom is -0.496 e. The minimum atomic E-state index is -2.23. The number of fused-ring (bicyclic) bond motifs is 6. The van der Waals surface area contributed by atoms with Crippen molar-refractivity contribution in [2.75, 3.05) is 52.3 Å². The molecular formula is C42H53N6O6P. The number of aliphatic hydroxyl groups is 2. The fourth-order valence-electron chi connectivity index (χ4n) is 12.5. The summed E-state index contributed by atoms with van der Waals surface area (Å²) < 4.78 is 12.2. The van der Waals surface area contributed by atoms with Crippen LogP contribution < -0.4 is 20.3 Å². The maximum absolute atomic E-state index is 15.1. The number of likely N-dealkylation sites (N-methyl/N-ethyl adjacent to an activating group) is 1. The molecule has 5 N–H and O–H groups in total. The number of ether oxygens (including phenoxy) is 2. The molecule has 6 aliphatic rings. The number of hydrogen-bond donors (Lipinski definition) is 5. The summed E-state index contributed by atoms with van der Waals surface area (Å²) in [6, 6.07) is 11.3. The molecule has 1 aromatic heterocycles. The zero-order valence-electron chi connectivity index (χ0n) is 32.3. The van der Waals surface area contributed by atoms with Gasteiger partial charge in [-0.25, -0.2) is 5.20 Å². The molecule has 1 saturated carbocycles. The van der Waals surface area contributed by atoms with Crippen LogP contribution in [0.5, 0.6) is 5.75 Å². The lowest BCUT2D eigenvalue weighted by molar-refractivity contribution is -0.203. The first-order valence-electron chi connectivity index (χ1n) is 19.6. The summed E-state index contributed by atoms with van der Waals surface area (Å²) in [5, 5.41) is 29.2. The smallest absolute Gasteiger partial charge is 0.322 e. The van der Waals surface area contributed by atoms with E-state index in [0.717, 1.165) is 52.9 Å². The van der Waals surface area contributed by atoms with E-state index < -0.39 is 39.9 Å². The average molecular weight is 769 g/mol. The monoisotopic (exact) mass is 768 g/mol. The number of nitrogens with one attached hydrogen (secondary N) is 3. The number of carbonyl (C=O) groups excluding carboxylic acids is 2. The summed E-state index contributed by atoms with van der Waals surface area (Å²) in [6.45, 7) is 7.98. The number of H-pyrrole nitrogens is 1. The third-order valence-electron chi connectivity index (χ3n) is 14.6. The quantitative estimate of drug-likeness (QED) is 0.105. The number of rotatable bonds is 7. The van der Waals surface area contributed by atoms with E-state index in [4.69, 9.17) is 9.47 Å². The number of hydrogen-bond acceptors (Lipinski definition) is 10. The summed E-state index contributed by atoms with van der Waals surface area (Å²) in [6.07, 6.45) is 7.57. The van der Waals surface area contributed by atoms with Crippen LogP contribution in [0.2, 0.25) is 0 Å². The molecule has 1 spiro atoms. The van der Waals surface area contributed by atoms with Crippen LogP contribution in [0.1, 0.15) is 61.9 Å². The molecule has 2 unspecified atom stereocenters. The van der Waals surface area contributed by atoms with Gasteiger partial charge >= 0.3 is 5.97 Å². The second-order valence-corrected chi connectivity index (χ2v) is 17.0. The lowest BCUT2D eigenvalue weighted by Crippen LogP contribution is -2.82. The van der Waals surface area contributed by atoms with E-state index >= 15 is 4.79 Å². The summed E-state index contributed by atoms with van der Waals surface area (Å²) in [4.78, 5) is 40.0. The van der Waals surface area contributed by atoms with Gasteiger partial charge in [0.15, 0.2) is 5.60 Å². The standard InChI is InChI=1S/C42H53N6O6P/c1-6-24-17-25-20-41(38(51)54-5,33-27(23-47(21-24)22-25)26-11-8-9-12-30(26)43-33)29-18-28-31(19-32(29)53-4)46(3)35-40(28)14-16-48-15-10-13-39(7-2,34(40)48)36(49)42(35,52)37(50)44-45-55/h8-13,17-19,25,34-36,43,45,49,52H,6-7,14-16,20-23,55H2,1-5H3,(H,44,50)/t25-,34-,35+,36+,39+,40+,41-,42-/m0/s1. The maximum Gasteiger partial charge on any atom is 0.322 e. The van der Waals surface area contributed by atoms with Crippen LogP contribution in [-0.2, 0) is 31.7 Å². The Labute approximate surface area is 324 Å². The Hall–Kier alpha value is -3.77. The largest absolute Gasteiger partial charge is 0.496 e. The molecule has 2 fully saturated rings. The van der Waals surface area contributed by atoms with Gasteiger partial charge in [0.1, 0.15) is 17.3 Å². The summed E-state index contributed by atoms with van der Waals surface area (Å²) in [5.41, 5.74) is 3.92. The Morgan fingerprint density at radius 3 is 2.64 bits per heavy atom. The number of carbonyl (C=O) groups is 2. The second kappa shape index (κ2) is 12.9. The van der Waals surface area contributed by atoms with Crippen molar-refractivity contribution in [2.24, 2.45) is 11.3 Å². The molecule has 0 radical (unpaired) electrons. The highest BCUT2D eigenvalue weighted by atomic mass is 31.0. The highest BCUT2D eigenvalue weighted by Gasteiger charge is 2.78. The molecule has 13 heteroatoms. The summed E-state index contributed by atoms with van der Waals surface area (Å²) in [5.74, 6) is -0.513. The maximum atomic E-state index is 15.1. The number of para-hydroxylation sites is 1. The van der Waals surface area contributed by atoms with E-state index in [1.165, 1.54) is 12.7 Å². The molecule has 12 nitrogen and oxygen atoms in total. The highest BCUT2D eigenvalue weighted by Crippen LogP contribution is 2.67. The Bertz CT molecular complexity index is 2150. The number of amides is 1. The van der Waals surface area contributed by atoms with Crippen LogP contribution in [0.3, 0.4) is 0 Å². The third kappa shape index (κ3) is 4.61. The summed E-state index contributed by atoms with van der Waals surface area (Å²) >= 11 is 0. The van der Waals surface area contributed by atoms with Crippen molar-refractivity contribution >= 4 is 37.9 Å². The van der Waals surface area contributed by atoms with E-state index in [0.29, 0.717) is 50.2 Å². The van der Waals surface area contributed by atoms with Crippen molar-refractivity contribution in [1.82, 2.24) is 25.4 Å². The van der Waals surface area contributed by atoms with Crippen molar-refractivity contribution in [3.8, 4) is 5.75 Å². The number of aromatic nitrogens is 1. The molecule has 1 saturated heterocycles. The number of hydrazine groups is 1. The van der Waals surface area contributed by atoms with E-state index in [-0.39, 0.29) is 17.9 Å². The molecule has 2 bridgehead atoms.